The van der Waals surface area contributed by atoms with Crippen molar-refractivity contribution in [1.29, 1.82) is 0 Å². The van der Waals surface area contributed by atoms with E-state index in [1.165, 1.54) is 11.1 Å². The Bertz CT molecular complexity index is 487. The highest BCUT2D eigenvalue weighted by Crippen LogP contribution is 2.34. The molecule has 2 aliphatic heterocycles. The second kappa shape index (κ2) is 4.28. The van der Waals surface area contributed by atoms with Crippen molar-refractivity contribution in [3.63, 3.8) is 0 Å². The average Bonchev–Trinajstić information content (AvgIpc) is 2.72. The molecule has 96 valence electrons. The Morgan fingerprint density at radius 3 is 2.94 bits per heavy atom. The average molecular weight is 246 g/mol. The lowest BCUT2D eigenvalue weighted by Gasteiger charge is -2.30. The molecule has 1 amide bonds. The van der Waals surface area contributed by atoms with Crippen molar-refractivity contribution in [1.82, 2.24) is 10.6 Å². The van der Waals surface area contributed by atoms with E-state index in [-0.39, 0.29) is 24.1 Å². The molecule has 1 aromatic carbocycles. The van der Waals surface area contributed by atoms with Gasteiger partial charge in [-0.25, -0.2) is 0 Å². The van der Waals surface area contributed by atoms with Gasteiger partial charge in [0.15, 0.2) is 0 Å². The summed E-state index contributed by atoms with van der Waals surface area (Å²) in [6.07, 6.45) is 1.20. The van der Waals surface area contributed by atoms with Crippen molar-refractivity contribution in [2.45, 2.75) is 38.5 Å². The molecule has 3 atom stereocenters. The fourth-order valence-corrected chi connectivity index (χ4v) is 2.78. The molecular formula is C14H18N2O2. The summed E-state index contributed by atoms with van der Waals surface area (Å²) in [5.41, 5.74) is 2.54. The zero-order valence-corrected chi connectivity index (χ0v) is 10.7. The van der Waals surface area contributed by atoms with Gasteiger partial charge in [0.05, 0.1) is 12.1 Å². The molecular weight excluding hydrogens is 228 g/mol. The number of carbonyl (C=O) groups excluding carboxylic acids is 1. The van der Waals surface area contributed by atoms with Crippen molar-refractivity contribution in [2.75, 3.05) is 6.54 Å². The minimum absolute atomic E-state index is 0.0726. The Balaban J connectivity index is 1.90. The van der Waals surface area contributed by atoms with E-state index < -0.39 is 0 Å². The third kappa shape index (κ3) is 1.86. The first-order valence-electron chi connectivity index (χ1n) is 6.47. The van der Waals surface area contributed by atoms with Crippen molar-refractivity contribution < 1.29 is 9.53 Å². The van der Waals surface area contributed by atoms with Gasteiger partial charge in [0.1, 0.15) is 11.9 Å². The van der Waals surface area contributed by atoms with E-state index in [1.54, 1.807) is 0 Å². The monoisotopic (exact) mass is 246 g/mol. The van der Waals surface area contributed by atoms with Gasteiger partial charge in [-0.05, 0) is 25.5 Å². The molecule has 0 aromatic heterocycles. The van der Waals surface area contributed by atoms with Crippen LogP contribution in [0.5, 0.6) is 5.75 Å². The van der Waals surface area contributed by atoms with Crippen LogP contribution in [0.1, 0.15) is 31.0 Å². The number of benzene rings is 1. The summed E-state index contributed by atoms with van der Waals surface area (Å²) in [4.78, 5) is 11.5. The van der Waals surface area contributed by atoms with Crippen LogP contribution < -0.4 is 15.4 Å². The van der Waals surface area contributed by atoms with E-state index >= 15 is 0 Å². The predicted octanol–water partition coefficient (Wildman–Crippen LogP) is 1.16. The number of ether oxygens (including phenoxy) is 1. The molecule has 1 aromatic rings. The zero-order chi connectivity index (χ0) is 12.7. The minimum atomic E-state index is -0.139. The van der Waals surface area contributed by atoms with Gasteiger partial charge in [0.25, 0.3) is 0 Å². The second-order valence-corrected chi connectivity index (χ2v) is 5.14. The summed E-state index contributed by atoms with van der Waals surface area (Å²) in [5, 5.41) is 6.30. The molecule has 0 spiro atoms. The van der Waals surface area contributed by atoms with Crippen LogP contribution in [-0.2, 0) is 11.2 Å². The maximum absolute atomic E-state index is 11.5. The zero-order valence-electron chi connectivity index (χ0n) is 10.7. The third-order valence-corrected chi connectivity index (χ3v) is 3.69. The third-order valence-electron chi connectivity index (χ3n) is 3.69. The summed E-state index contributed by atoms with van der Waals surface area (Å²) in [5.74, 6) is 1.06. The van der Waals surface area contributed by atoms with Gasteiger partial charge in [0.2, 0.25) is 5.91 Å². The lowest BCUT2D eigenvalue weighted by molar-refractivity contribution is -0.124. The highest BCUT2D eigenvalue weighted by molar-refractivity contribution is 5.82. The fraction of sp³-hybridized carbons (Fsp3) is 0.500. The normalized spacial score (nSPS) is 30.6. The number of rotatable bonds is 1. The van der Waals surface area contributed by atoms with Crippen LogP contribution in [-0.4, -0.2) is 24.6 Å². The Morgan fingerprint density at radius 1 is 1.33 bits per heavy atom. The molecule has 18 heavy (non-hydrogen) atoms. The molecule has 4 nitrogen and oxygen atoms in total. The van der Waals surface area contributed by atoms with Crippen LogP contribution in [0.2, 0.25) is 0 Å². The smallest absolute Gasteiger partial charge is 0.236 e. The Morgan fingerprint density at radius 2 is 2.17 bits per heavy atom. The highest BCUT2D eigenvalue weighted by atomic mass is 16.5. The molecule has 2 aliphatic rings. The van der Waals surface area contributed by atoms with Crippen LogP contribution in [0, 0.1) is 0 Å². The van der Waals surface area contributed by atoms with E-state index in [9.17, 15) is 4.79 Å². The van der Waals surface area contributed by atoms with E-state index in [2.05, 4.69) is 23.6 Å². The summed E-state index contributed by atoms with van der Waals surface area (Å²) >= 11 is 0. The number of piperazine rings is 1. The first-order chi connectivity index (χ1) is 8.65. The molecule has 2 heterocycles. The molecule has 0 aliphatic carbocycles. The van der Waals surface area contributed by atoms with Crippen molar-refractivity contribution in [3.8, 4) is 5.75 Å². The lowest BCUT2D eigenvalue weighted by atomic mass is 9.95. The molecule has 1 saturated heterocycles. The van der Waals surface area contributed by atoms with Crippen LogP contribution in [0.3, 0.4) is 0 Å². The van der Waals surface area contributed by atoms with Crippen molar-refractivity contribution >= 4 is 5.91 Å². The number of hydrogen-bond donors (Lipinski definition) is 2. The summed E-state index contributed by atoms with van der Waals surface area (Å²) in [6, 6.07) is 6.21. The van der Waals surface area contributed by atoms with Gasteiger partial charge in [0, 0.05) is 18.5 Å². The number of fused-ring (bicyclic) bond motifs is 1. The van der Waals surface area contributed by atoms with Gasteiger partial charge in [-0.3, -0.25) is 10.1 Å². The summed E-state index contributed by atoms with van der Waals surface area (Å²) < 4.78 is 5.77. The fourth-order valence-electron chi connectivity index (χ4n) is 2.78. The van der Waals surface area contributed by atoms with E-state index in [4.69, 9.17) is 4.74 Å². The highest BCUT2D eigenvalue weighted by Gasteiger charge is 2.30. The van der Waals surface area contributed by atoms with E-state index in [1.807, 2.05) is 19.1 Å². The Hall–Kier alpha value is -1.55. The van der Waals surface area contributed by atoms with E-state index in [0.29, 0.717) is 6.54 Å². The van der Waals surface area contributed by atoms with Crippen LogP contribution >= 0.6 is 0 Å². The van der Waals surface area contributed by atoms with Crippen LogP contribution in [0.15, 0.2) is 18.2 Å². The molecule has 3 rings (SSSR count). The first kappa shape index (κ1) is 11.5. The largest absolute Gasteiger partial charge is 0.490 e. The maximum Gasteiger partial charge on any atom is 0.236 e. The first-order valence-corrected chi connectivity index (χ1v) is 6.47. The Labute approximate surface area is 107 Å². The number of amides is 1. The van der Waals surface area contributed by atoms with Gasteiger partial charge in [-0.2, -0.15) is 0 Å². The standard InChI is InChI=1S/C14H18N2O2/c1-8-6-11-10(4-3-5-13(11)18-8)12-7-15-14(17)9(2)16-12/h3-5,8-9,12,16H,6-7H2,1-2H3,(H,15,17). The number of hydrogen-bond acceptors (Lipinski definition) is 3. The van der Waals surface area contributed by atoms with Gasteiger partial charge < -0.3 is 10.1 Å². The molecule has 1 fully saturated rings. The van der Waals surface area contributed by atoms with E-state index in [0.717, 1.165) is 12.2 Å². The molecule has 4 heteroatoms. The van der Waals surface area contributed by atoms with Crippen LogP contribution in [0.4, 0.5) is 0 Å². The summed E-state index contributed by atoms with van der Waals surface area (Å²) in [7, 11) is 0. The molecule has 0 bridgehead atoms. The molecule has 0 saturated carbocycles. The van der Waals surface area contributed by atoms with Gasteiger partial charge in [-0.1, -0.05) is 12.1 Å². The maximum atomic E-state index is 11.5. The topological polar surface area (TPSA) is 50.4 Å². The molecule has 0 radical (unpaired) electrons. The Kier molecular flexibility index (Phi) is 2.74. The van der Waals surface area contributed by atoms with Crippen molar-refractivity contribution in [3.05, 3.63) is 29.3 Å². The molecule has 2 N–H and O–H groups in total. The minimum Gasteiger partial charge on any atom is -0.490 e. The number of carbonyl (C=O) groups is 1. The quantitative estimate of drug-likeness (QED) is 0.782. The summed E-state index contributed by atoms with van der Waals surface area (Å²) in [6.45, 7) is 4.63. The van der Waals surface area contributed by atoms with Crippen molar-refractivity contribution in [2.24, 2.45) is 0 Å². The van der Waals surface area contributed by atoms with Gasteiger partial charge in [-0.15, -0.1) is 0 Å². The predicted molar refractivity (Wildman–Crippen MR) is 68.6 cm³/mol. The lowest BCUT2D eigenvalue weighted by Crippen LogP contribution is -2.53. The SMILES string of the molecule is CC1Cc2c(cccc2C2CNC(=O)C(C)N2)O1. The number of nitrogens with one attached hydrogen (secondary N) is 2. The van der Waals surface area contributed by atoms with Gasteiger partial charge >= 0.3 is 0 Å². The molecule has 3 unspecified atom stereocenters. The van der Waals surface area contributed by atoms with Crippen LogP contribution in [0.25, 0.3) is 0 Å². The second-order valence-electron chi connectivity index (χ2n) is 5.14.